The third kappa shape index (κ3) is 3.89. The predicted molar refractivity (Wildman–Crippen MR) is 76.4 cm³/mol. The Morgan fingerprint density at radius 2 is 1.86 bits per heavy atom. The molecule has 2 rings (SSSR count). The number of benzene rings is 2. The average molecular weight is 289 g/mol. The van der Waals surface area contributed by atoms with E-state index in [0.29, 0.717) is 11.3 Å². The molecule has 0 radical (unpaired) electrons. The van der Waals surface area contributed by atoms with Crippen LogP contribution in [0.25, 0.3) is 0 Å². The van der Waals surface area contributed by atoms with Crippen molar-refractivity contribution >= 4 is 11.5 Å². The minimum absolute atomic E-state index is 0.0928. The summed E-state index contributed by atoms with van der Waals surface area (Å²) in [5.41, 5.74) is 0.573. The molecular weight excluding hydrogens is 276 g/mol. The van der Waals surface area contributed by atoms with Gasteiger partial charge >= 0.3 is 0 Å². The summed E-state index contributed by atoms with van der Waals surface area (Å²) in [5.74, 6) is -0.970. The summed E-state index contributed by atoms with van der Waals surface area (Å²) >= 11 is 0. The predicted octanol–water partition coefficient (Wildman–Crippen LogP) is 3.78. The van der Waals surface area contributed by atoms with Gasteiger partial charge in [-0.3, -0.25) is 4.79 Å². The van der Waals surface area contributed by atoms with E-state index in [2.05, 4.69) is 5.32 Å². The molecule has 0 bridgehead atoms. The summed E-state index contributed by atoms with van der Waals surface area (Å²) in [5, 5.41) is 2.60. The zero-order chi connectivity index (χ0) is 15.2. The molecule has 0 amide bonds. The van der Waals surface area contributed by atoms with E-state index >= 15 is 0 Å². The maximum Gasteiger partial charge on any atom is 0.187 e. The molecule has 0 aliphatic carbocycles. The normalized spacial score (nSPS) is 10.6. The lowest BCUT2D eigenvalue weighted by atomic mass is 10.1. The van der Waals surface area contributed by atoms with Crippen LogP contribution in [0.4, 0.5) is 14.5 Å². The topological polar surface area (TPSA) is 38.3 Å². The third-order valence-corrected chi connectivity index (χ3v) is 2.78. The van der Waals surface area contributed by atoms with Crippen LogP contribution >= 0.6 is 0 Å². The van der Waals surface area contributed by atoms with Gasteiger partial charge < -0.3 is 10.1 Å². The highest BCUT2D eigenvalue weighted by molar-refractivity contribution is 6.04. The van der Waals surface area contributed by atoms with Crippen molar-refractivity contribution in [2.45, 2.75) is 0 Å². The second-order valence-corrected chi connectivity index (χ2v) is 4.19. The Morgan fingerprint density at radius 3 is 2.48 bits per heavy atom. The fraction of sp³-hybridized carbons (Fsp3) is 0.0625. The number of methoxy groups -OCH3 is 1. The fourth-order valence-corrected chi connectivity index (χ4v) is 1.67. The zero-order valence-electron chi connectivity index (χ0n) is 11.3. The maximum atomic E-state index is 13.3. The number of allylic oxidation sites excluding steroid dienone is 1. The van der Waals surface area contributed by atoms with Crippen LogP contribution in [0.15, 0.2) is 54.7 Å². The largest absolute Gasteiger partial charge is 0.497 e. The number of rotatable bonds is 5. The van der Waals surface area contributed by atoms with Crippen molar-refractivity contribution in [3.05, 3.63) is 71.9 Å². The SMILES string of the molecule is COc1ccc(C(=O)/C=C\Nc2ccc(F)cc2F)cc1. The molecule has 0 unspecified atom stereocenters. The fourth-order valence-electron chi connectivity index (χ4n) is 1.67. The van der Waals surface area contributed by atoms with Gasteiger partial charge in [0.25, 0.3) is 0 Å². The Balaban J connectivity index is 2.01. The van der Waals surface area contributed by atoms with Gasteiger partial charge in [-0.05, 0) is 36.4 Å². The number of carbonyl (C=O) groups is 1. The van der Waals surface area contributed by atoms with E-state index in [1.54, 1.807) is 24.3 Å². The molecule has 21 heavy (non-hydrogen) atoms. The quantitative estimate of drug-likeness (QED) is 0.672. The highest BCUT2D eigenvalue weighted by atomic mass is 19.1. The minimum atomic E-state index is -0.725. The number of ketones is 1. The Hall–Kier alpha value is -2.69. The van der Waals surface area contributed by atoms with E-state index in [4.69, 9.17) is 4.74 Å². The lowest BCUT2D eigenvalue weighted by Crippen LogP contribution is -1.97. The molecule has 0 spiro atoms. The molecule has 108 valence electrons. The van der Waals surface area contributed by atoms with Crippen LogP contribution in [0.3, 0.4) is 0 Å². The van der Waals surface area contributed by atoms with Crippen LogP contribution in [0, 0.1) is 11.6 Å². The standard InChI is InChI=1S/C16H13F2NO2/c1-21-13-5-2-11(3-6-13)16(20)8-9-19-15-7-4-12(17)10-14(15)18/h2-10,19H,1H3/b9-8-. The molecule has 0 aliphatic rings. The van der Waals surface area contributed by atoms with Gasteiger partial charge in [-0.15, -0.1) is 0 Å². The van der Waals surface area contributed by atoms with Crippen LogP contribution in [-0.4, -0.2) is 12.9 Å². The second-order valence-electron chi connectivity index (χ2n) is 4.19. The molecule has 0 saturated heterocycles. The van der Waals surface area contributed by atoms with E-state index in [1.807, 2.05) is 0 Å². The summed E-state index contributed by atoms with van der Waals surface area (Å²) in [6.07, 6.45) is 2.58. The van der Waals surface area contributed by atoms with Crippen LogP contribution < -0.4 is 10.1 Å². The lowest BCUT2D eigenvalue weighted by Gasteiger charge is -2.02. The molecule has 3 nitrogen and oxygen atoms in total. The Kier molecular flexibility index (Phi) is 4.66. The van der Waals surface area contributed by atoms with E-state index < -0.39 is 11.6 Å². The van der Waals surface area contributed by atoms with Gasteiger partial charge in [-0.1, -0.05) is 0 Å². The first-order valence-electron chi connectivity index (χ1n) is 6.16. The number of nitrogens with one attached hydrogen (secondary N) is 1. The van der Waals surface area contributed by atoms with Gasteiger partial charge in [0.05, 0.1) is 12.8 Å². The van der Waals surface area contributed by atoms with Crippen molar-refractivity contribution in [3.8, 4) is 5.75 Å². The first kappa shape index (κ1) is 14.7. The van der Waals surface area contributed by atoms with Crippen LogP contribution in [0.1, 0.15) is 10.4 Å². The number of hydrogen-bond acceptors (Lipinski definition) is 3. The Morgan fingerprint density at radius 1 is 1.14 bits per heavy atom. The van der Waals surface area contributed by atoms with E-state index in [1.165, 1.54) is 25.5 Å². The highest BCUT2D eigenvalue weighted by Gasteiger charge is 2.03. The van der Waals surface area contributed by atoms with Gasteiger partial charge in [0.2, 0.25) is 0 Å². The molecular formula is C16H13F2NO2. The van der Waals surface area contributed by atoms with Crippen molar-refractivity contribution in [3.63, 3.8) is 0 Å². The Labute approximate surface area is 120 Å². The van der Waals surface area contributed by atoms with Crippen molar-refractivity contribution in [2.75, 3.05) is 12.4 Å². The first-order chi connectivity index (χ1) is 10.1. The number of anilines is 1. The zero-order valence-corrected chi connectivity index (χ0v) is 11.3. The number of carbonyl (C=O) groups excluding carboxylic acids is 1. The van der Waals surface area contributed by atoms with Crippen molar-refractivity contribution in [1.82, 2.24) is 0 Å². The number of ether oxygens (including phenoxy) is 1. The molecule has 2 aromatic rings. The summed E-state index contributed by atoms with van der Waals surface area (Å²) in [6, 6.07) is 9.76. The van der Waals surface area contributed by atoms with Crippen molar-refractivity contribution < 1.29 is 18.3 Å². The van der Waals surface area contributed by atoms with E-state index in [9.17, 15) is 13.6 Å². The summed E-state index contributed by atoms with van der Waals surface area (Å²) in [7, 11) is 1.54. The van der Waals surface area contributed by atoms with Gasteiger partial charge in [0.1, 0.15) is 17.4 Å². The van der Waals surface area contributed by atoms with Crippen molar-refractivity contribution in [2.24, 2.45) is 0 Å². The maximum absolute atomic E-state index is 13.3. The summed E-state index contributed by atoms with van der Waals surface area (Å²) in [4.78, 5) is 11.9. The third-order valence-electron chi connectivity index (χ3n) is 2.78. The first-order valence-corrected chi connectivity index (χ1v) is 6.16. The van der Waals surface area contributed by atoms with Gasteiger partial charge in [0, 0.05) is 23.9 Å². The average Bonchev–Trinajstić information content (AvgIpc) is 2.49. The molecule has 0 fully saturated rings. The molecule has 0 heterocycles. The highest BCUT2D eigenvalue weighted by Crippen LogP contribution is 2.15. The van der Waals surface area contributed by atoms with Crippen LogP contribution in [-0.2, 0) is 0 Å². The molecule has 1 N–H and O–H groups in total. The summed E-state index contributed by atoms with van der Waals surface area (Å²) < 4.78 is 31.1. The van der Waals surface area contributed by atoms with E-state index in [0.717, 1.165) is 12.1 Å². The Bertz CT molecular complexity index is 666. The molecule has 5 heteroatoms. The van der Waals surface area contributed by atoms with E-state index in [-0.39, 0.29) is 11.5 Å². The van der Waals surface area contributed by atoms with Crippen molar-refractivity contribution in [1.29, 1.82) is 0 Å². The van der Waals surface area contributed by atoms with Crippen LogP contribution in [0.2, 0.25) is 0 Å². The second kappa shape index (κ2) is 6.65. The van der Waals surface area contributed by atoms with Gasteiger partial charge in [-0.25, -0.2) is 8.78 Å². The van der Waals surface area contributed by atoms with Gasteiger partial charge in [-0.2, -0.15) is 0 Å². The molecule has 0 atom stereocenters. The molecule has 2 aromatic carbocycles. The van der Waals surface area contributed by atoms with Gasteiger partial charge in [0.15, 0.2) is 5.78 Å². The molecule has 0 aliphatic heterocycles. The lowest BCUT2D eigenvalue weighted by molar-refractivity contribution is 0.104. The van der Waals surface area contributed by atoms with Crippen LogP contribution in [0.5, 0.6) is 5.75 Å². The molecule has 0 saturated carbocycles. The number of halogens is 2. The number of hydrogen-bond donors (Lipinski definition) is 1. The molecule has 0 aromatic heterocycles. The minimum Gasteiger partial charge on any atom is -0.497 e. The summed E-state index contributed by atoms with van der Waals surface area (Å²) in [6.45, 7) is 0. The monoisotopic (exact) mass is 289 g/mol. The smallest absolute Gasteiger partial charge is 0.187 e.